The van der Waals surface area contributed by atoms with Gasteiger partial charge in [0, 0.05) is 0 Å². The third-order valence-corrected chi connectivity index (χ3v) is 3.87. The van der Waals surface area contributed by atoms with E-state index >= 15 is 0 Å². The molecule has 126 valence electrons. The Kier molecular flexibility index (Phi) is 6.76. The number of aromatic hydroxyl groups is 4. The minimum absolute atomic E-state index is 0.0292. The van der Waals surface area contributed by atoms with E-state index in [2.05, 4.69) is 20.8 Å². The molecule has 1 unspecified atom stereocenters. The number of hydrogen-bond donors (Lipinski definition) is 4. The number of phenols is 4. The highest BCUT2D eigenvalue weighted by molar-refractivity contribution is 5.41. The molecule has 0 amide bonds. The summed E-state index contributed by atoms with van der Waals surface area (Å²) < 4.78 is 0. The summed E-state index contributed by atoms with van der Waals surface area (Å²) in [6.07, 6.45) is 0.936. The van der Waals surface area contributed by atoms with Gasteiger partial charge in [-0.15, -0.1) is 0 Å². The van der Waals surface area contributed by atoms with E-state index in [1.54, 1.807) is 12.1 Å². The predicted octanol–water partition coefficient (Wildman–Crippen LogP) is 4.34. The van der Waals surface area contributed by atoms with E-state index in [0.29, 0.717) is 11.8 Å². The maximum absolute atomic E-state index is 9.30. The molecule has 0 fully saturated rings. The number of hydrogen-bond acceptors (Lipinski definition) is 4. The van der Waals surface area contributed by atoms with Crippen LogP contribution in [0.2, 0.25) is 0 Å². The maximum Gasteiger partial charge on any atom is 0.157 e. The summed E-state index contributed by atoms with van der Waals surface area (Å²) in [5.74, 6) is 1.00. The monoisotopic (exact) mass is 318 g/mol. The Bertz CT molecular complexity index is 635. The van der Waals surface area contributed by atoms with Crippen molar-refractivity contribution in [2.24, 2.45) is 11.8 Å². The molecule has 0 saturated carbocycles. The molecule has 0 spiro atoms. The maximum atomic E-state index is 9.30. The molecule has 23 heavy (non-hydrogen) atoms. The fourth-order valence-corrected chi connectivity index (χ4v) is 1.94. The van der Waals surface area contributed by atoms with Gasteiger partial charge in [-0.25, -0.2) is 0 Å². The predicted molar refractivity (Wildman–Crippen MR) is 92.0 cm³/mol. The SMILES string of the molecule is CC(C)C(C)Cc1ccc(O)c(O)c1.Cc1ccc(O)c(O)c1. The quantitative estimate of drug-likeness (QED) is 0.635. The van der Waals surface area contributed by atoms with Gasteiger partial charge in [0.05, 0.1) is 0 Å². The number of aryl methyl sites for hydroxylation is 1. The van der Waals surface area contributed by atoms with E-state index in [-0.39, 0.29) is 23.0 Å². The second kappa shape index (κ2) is 8.32. The lowest BCUT2D eigenvalue weighted by Crippen LogP contribution is -2.07. The van der Waals surface area contributed by atoms with Gasteiger partial charge >= 0.3 is 0 Å². The zero-order valence-corrected chi connectivity index (χ0v) is 14.1. The van der Waals surface area contributed by atoms with Gasteiger partial charge in [0.15, 0.2) is 23.0 Å². The van der Waals surface area contributed by atoms with E-state index in [9.17, 15) is 5.11 Å². The number of benzene rings is 2. The zero-order valence-electron chi connectivity index (χ0n) is 14.1. The van der Waals surface area contributed by atoms with Crippen molar-refractivity contribution in [3.63, 3.8) is 0 Å². The summed E-state index contributed by atoms with van der Waals surface area (Å²) in [6, 6.07) is 9.73. The Balaban J connectivity index is 0.000000253. The Morgan fingerprint density at radius 2 is 1.26 bits per heavy atom. The van der Waals surface area contributed by atoms with E-state index in [1.165, 1.54) is 18.2 Å². The Morgan fingerprint density at radius 3 is 1.70 bits per heavy atom. The summed E-state index contributed by atoms with van der Waals surface area (Å²) in [5.41, 5.74) is 2.01. The third kappa shape index (κ3) is 6.10. The standard InChI is InChI=1S/C12H18O2.C7H8O2/c1-8(2)9(3)6-10-4-5-11(13)12(14)7-10;1-5-2-3-6(8)7(9)4-5/h4-5,7-9,13-14H,6H2,1-3H3;2-4,8-9H,1H3. The van der Waals surface area contributed by atoms with Crippen LogP contribution in [0.25, 0.3) is 0 Å². The normalized spacial score (nSPS) is 11.7. The lowest BCUT2D eigenvalue weighted by molar-refractivity contribution is 0.398. The molecule has 2 aromatic rings. The molecule has 4 heteroatoms. The average molecular weight is 318 g/mol. The van der Waals surface area contributed by atoms with Crippen LogP contribution in [0.15, 0.2) is 36.4 Å². The summed E-state index contributed by atoms with van der Waals surface area (Å²) >= 11 is 0. The molecule has 0 aliphatic heterocycles. The minimum Gasteiger partial charge on any atom is -0.504 e. The number of phenolic OH excluding ortho intramolecular Hbond substituents is 4. The van der Waals surface area contributed by atoms with Gasteiger partial charge in [-0.3, -0.25) is 0 Å². The molecule has 0 radical (unpaired) electrons. The molecule has 2 rings (SSSR count). The molecule has 4 nitrogen and oxygen atoms in total. The largest absolute Gasteiger partial charge is 0.504 e. The molecule has 1 atom stereocenters. The molecule has 0 aromatic heterocycles. The summed E-state index contributed by atoms with van der Waals surface area (Å²) in [4.78, 5) is 0. The second-order valence-electron chi connectivity index (χ2n) is 6.24. The van der Waals surface area contributed by atoms with Gasteiger partial charge in [0.1, 0.15) is 0 Å². The Labute approximate surface area is 137 Å². The van der Waals surface area contributed by atoms with Crippen LogP contribution in [0.4, 0.5) is 0 Å². The van der Waals surface area contributed by atoms with Gasteiger partial charge in [-0.2, -0.15) is 0 Å². The molecule has 0 saturated heterocycles. The molecule has 2 aromatic carbocycles. The Hall–Kier alpha value is -2.36. The molecule has 0 aliphatic rings. The van der Waals surface area contributed by atoms with Crippen molar-refractivity contribution < 1.29 is 20.4 Å². The molecule has 0 heterocycles. The fourth-order valence-electron chi connectivity index (χ4n) is 1.94. The molecule has 0 aliphatic carbocycles. The van der Waals surface area contributed by atoms with Crippen molar-refractivity contribution in [2.45, 2.75) is 34.1 Å². The van der Waals surface area contributed by atoms with E-state index in [4.69, 9.17) is 15.3 Å². The van der Waals surface area contributed by atoms with Crippen LogP contribution >= 0.6 is 0 Å². The van der Waals surface area contributed by atoms with E-state index in [1.807, 2.05) is 13.0 Å². The van der Waals surface area contributed by atoms with Gasteiger partial charge in [-0.1, -0.05) is 32.9 Å². The summed E-state index contributed by atoms with van der Waals surface area (Å²) in [6.45, 7) is 8.41. The fraction of sp³-hybridized carbons (Fsp3) is 0.368. The van der Waals surface area contributed by atoms with Crippen LogP contribution in [-0.2, 0) is 6.42 Å². The van der Waals surface area contributed by atoms with Crippen molar-refractivity contribution in [3.8, 4) is 23.0 Å². The Morgan fingerprint density at radius 1 is 0.739 bits per heavy atom. The molecule has 4 N–H and O–H groups in total. The van der Waals surface area contributed by atoms with Gasteiger partial charge in [-0.05, 0) is 60.6 Å². The van der Waals surface area contributed by atoms with Crippen molar-refractivity contribution >= 4 is 0 Å². The zero-order chi connectivity index (χ0) is 17.6. The molecular weight excluding hydrogens is 292 g/mol. The highest BCUT2D eigenvalue weighted by Gasteiger charge is 2.09. The third-order valence-electron chi connectivity index (χ3n) is 3.87. The van der Waals surface area contributed by atoms with E-state index in [0.717, 1.165) is 17.5 Å². The van der Waals surface area contributed by atoms with Crippen LogP contribution < -0.4 is 0 Å². The van der Waals surface area contributed by atoms with Crippen LogP contribution in [-0.4, -0.2) is 20.4 Å². The first-order valence-corrected chi connectivity index (χ1v) is 7.70. The molecule has 0 bridgehead atoms. The van der Waals surface area contributed by atoms with Crippen molar-refractivity contribution in [1.82, 2.24) is 0 Å². The average Bonchev–Trinajstić information content (AvgIpc) is 2.47. The van der Waals surface area contributed by atoms with Gasteiger partial charge < -0.3 is 20.4 Å². The van der Waals surface area contributed by atoms with Crippen molar-refractivity contribution in [2.75, 3.05) is 0 Å². The van der Waals surface area contributed by atoms with Crippen molar-refractivity contribution in [3.05, 3.63) is 47.5 Å². The topological polar surface area (TPSA) is 80.9 Å². The highest BCUT2D eigenvalue weighted by atomic mass is 16.3. The summed E-state index contributed by atoms with van der Waals surface area (Å²) in [5, 5.41) is 36.1. The van der Waals surface area contributed by atoms with Crippen molar-refractivity contribution in [1.29, 1.82) is 0 Å². The van der Waals surface area contributed by atoms with Crippen LogP contribution in [0.1, 0.15) is 31.9 Å². The highest BCUT2D eigenvalue weighted by Crippen LogP contribution is 2.27. The van der Waals surface area contributed by atoms with Crippen LogP contribution in [0.3, 0.4) is 0 Å². The minimum atomic E-state index is -0.0689. The lowest BCUT2D eigenvalue weighted by Gasteiger charge is -2.15. The van der Waals surface area contributed by atoms with E-state index < -0.39 is 0 Å². The first-order valence-electron chi connectivity index (χ1n) is 7.70. The van der Waals surface area contributed by atoms with Gasteiger partial charge in [0.2, 0.25) is 0 Å². The smallest absolute Gasteiger partial charge is 0.157 e. The second-order valence-corrected chi connectivity index (χ2v) is 6.24. The van der Waals surface area contributed by atoms with Crippen LogP contribution in [0.5, 0.6) is 23.0 Å². The molecular formula is C19H26O4. The van der Waals surface area contributed by atoms with Gasteiger partial charge in [0.25, 0.3) is 0 Å². The van der Waals surface area contributed by atoms with Crippen LogP contribution in [0, 0.1) is 18.8 Å². The summed E-state index contributed by atoms with van der Waals surface area (Å²) in [7, 11) is 0. The lowest BCUT2D eigenvalue weighted by atomic mass is 9.91. The first-order chi connectivity index (χ1) is 10.7. The number of rotatable bonds is 3. The first kappa shape index (κ1) is 18.7.